The monoisotopic (exact) mass is 1150 g/mol. The van der Waals surface area contributed by atoms with Crippen molar-refractivity contribution in [3.63, 3.8) is 0 Å². The van der Waals surface area contributed by atoms with Gasteiger partial charge >= 0.3 is 17.9 Å². The fourth-order valence-electron chi connectivity index (χ4n) is 11.3. The van der Waals surface area contributed by atoms with E-state index in [1.807, 2.05) is 0 Å². The maximum Gasteiger partial charge on any atom is 0.306 e. The standard InChI is InChI=1S/C76H142O6/c1-4-7-10-13-16-19-22-24-26-28-30-32-34-36-37-38-39-41-42-44-46-48-50-52-54-57-60-63-66-69-75(78)81-72-73(71-80-74(77)68-65-62-59-56-21-18-15-12-9-6-3)82-76(79)70-67-64-61-58-55-53-51-49-47-45-43-40-35-33-31-29-27-25-23-20-17-14-11-8-5-2/h12,15,28-31,73H,4-11,13-14,16-27,32-72H2,1-3H3/b15-12-,30-28-,31-29-. The molecule has 482 valence electrons. The van der Waals surface area contributed by atoms with Crippen molar-refractivity contribution in [2.24, 2.45) is 0 Å². The molecule has 0 rings (SSSR count). The zero-order valence-corrected chi connectivity index (χ0v) is 55.5. The molecule has 0 saturated carbocycles. The molecule has 0 aromatic rings. The molecule has 0 saturated heterocycles. The molecule has 0 fully saturated rings. The zero-order chi connectivity index (χ0) is 59.2. The first kappa shape index (κ1) is 79.6. The molecule has 0 amide bonds. The number of carbonyl (C=O) groups excluding carboxylic acids is 3. The normalized spacial score (nSPS) is 12.2. The van der Waals surface area contributed by atoms with Gasteiger partial charge in [0.25, 0.3) is 0 Å². The molecule has 0 aliphatic heterocycles. The predicted molar refractivity (Wildman–Crippen MR) is 358 cm³/mol. The Morgan fingerprint density at radius 2 is 0.427 bits per heavy atom. The largest absolute Gasteiger partial charge is 0.462 e. The molecule has 0 radical (unpaired) electrons. The maximum atomic E-state index is 12.9. The first-order chi connectivity index (χ1) is 40.5. The summed E-state index contributed by atoms with van der Waals surface area (Å²) >= 11 is 0. The molecule has 0 bridgehead atoms. The van der Waals surface area contributed by atoms with Crippen LogP contribution in [0.5, 0.6) is 0 Å². The van der Waals surface area contributed by atoms with Crippen LogP contribution in [-0.4, -0.2) is 37.2 Å². The van der Waals surface area contributed by atoms with E-state index in [4.69, 9.17) is 14.2 Å². The predicted octanol–water partition coefficient (Wildman–Crippen LogP) is 25.5. The van der Waals surface area contributed by atoms with Gasteiger partial charge in [-0.1, -0.05) is 340 Å². The molecule has 0 spiro atoms. The summed E-state index contributed by atoms with van der Waals surface area (Å²) in [6.45, 7) is 6.64. The van der Waals surface area contributed by atoms with E-state index in [2.05, 4.69) is 57.2 Å². The van der Waals surface area contributed by atoms with Crippen molar-refractivity contribution in [2.75, 3.05) is 13.2 Å². The van der Waals surface area contributed by atoms with E-state index in [0.717, 1.165) is 70.6 Å². The maximum absolute atomic E-state index is 12.9. The van der Waals surface area contributed by atoms with Gasteiger partial charge in [0.2, 0.25) is 0 Å². The lowest BCUT2D eigenvalue weighted by Crippen LogP contribution is -2.30. The molecule has 82 heavy (non-hydrogen) atoms. The van der Waals surface area contributed by atoms with Crippen molar-refractivity contribution in [3.05, 3.63) is 36.5 Å². The summed E-state index contributed by atoms with van der Waals surface area (Å²) in [6, 6.07) is 0. The number of hydrogen-bond acceptors (Lipinski definition) is 6. The van der Waals surface area contributed by atoms with Gasteiger partial charge < -0.3 is 14.2 Å². The molecule has 0 heterocycles. The van der Waals surface area contributed by atoms with Gasteiger partial charge in [0.05, 0.1) is 0 Å². The van der Waals surface area contributed by atoms with Crippen LogP contribution < -0.4 is 0 Å². The number of allylic oxidation sites excluding steroid dienone is 6. The molecule has 0 aromatic carbocycles. The second kappa shape index (κ2) is 71.1. The number of esters is 3. The summed E-state index contributed by atoms with van der Waals surface area (Å²) < 4.78 is 17.0. The van der Waals surface area contributed by atoms with E-state index in [9.17, 15) is 14.4 Å². The summed E-state index contributed by atoms with van der Waals surface area (Å²) in [5.74, 6) is -0.854. The Balaban J connectivity index is 4.10. The summed E-state index contributed by atoms with van der Waals surface area (Å²) in [6.07, 6.45) is 89.2. The first-order valence-corrected chi connectivity index (χ1v) is 37.0. The summed E-state index contributed by atoms with van der Waals surface area (Å²) in [7, 11) is 0. The third-order valence-corrected chi connectivity index (χ3v) is 16.8. The lowest BCUT2D eigenvalue weighted by molar-refractivity contribution is -0.167. The average molecular weight is 1150 g/mol. The van der Waals surface area contributed by atoms with Crippen molar-refractivity contribution in [1.82, 2.24) is 0 Å². The van der Waals surface area contributed by atoms with Crippen LogP contribution in [0.1, 0.15) is 412 Å². The third kappa shape index (κ3) is 68.4. The van der Waals surface area contributed by atoms with E-state index in [1.54, 1.807) is 0 Å². The molecule has 0 N–H and O–H groups in total. The quantitative estimate of drug-likeness (QED) is 0.0261. The number of rotatable bonds is 69. The molecular formula is C76H142O6. The van der Waals surface area contributed by atoms with E-state index in [1.165, 1.54) is 302 Å². The minimum atomic E-state index is -0.774. The van der Waals surface area contributed by atoms with Gasteiger partial charge in [0, 0.05) is 19.3 Å². The molecule has 0 aliphatic rings. The third-order valence-electron chi connectivity index (χ3n) is 16.8. The molecule has 6 nitrogen and oxygen atoms in total. The second-order valence-electron chi connectivity index (χ2n) is 25.2. The highest BCUT2D eigenvalue weighted by molar-refractivity contribution is 5.71. The summed E-state index contributed by atoms with van der Waals surface area (Å²) in [4.78, 5) is 38.4. The van der Waals surface area contributed by atoms with Crippen LogP contribution in [0.15, 0.2) is 36.5 Å². The Kier molecular flexibility index (Phi) is 69.1. The van der Waals surface area contributed by atoms with Crippen LogP contribution in [0.2, 0.25) is 0 Å². The topological polar surface area (TPSA) is 78.9 Å². The van der Waals surface area contributed by atoms with Crippen LogP contribution in [0, 0.1) is 0 Å². The molecule has 0 aromatic heterocycles. The van der Waals surface area contributed by atoms with Gasteiger partial charge in [-0.25, -0.2) is 0 Å². The van der Waals surface area contributed by atoms with E-state index < -0.39 is 6.10 Å². The van der Waals surface area contributed by atoms with Crippen molar-refractivity contribution in [2.45, 2.75) is 419 Å². The molecule has 0 aliphatic carbocycles. The fraction of sp³-hybridized carbons (Fsp3) is 0.882. The van der Waals surface area contributed by atoms with Crippen LogP contribution in [0.3, 0.4) is 0 Å². The van der Waals surface area contributed by atoms with Crippen LogP contribution in [-0.2, 0) is 28.6 Å². The minimum Gasteiger partial charge on any atom is -0.462 e. The molecule has 1 atom stereocenters. The lowest BCUT2D eigenvalue weighted by atomic mass is 10.0. The van der Waals surface area contributed by atoms with Gasteiger partial charge in [0.15, 0.2) is 6.10 Å². The van der Waals surface area contributed by atoms with Gasteiger partial charge in [-0.05, 0) is 89.9 Å². The highest BCUT2D eigenvalue weighted by Crippen LogP contribution is 2.19. The van der Waals surface area contributed by atoms with E-state index >= 15 is 0 Å². The second-order valence-corrected chi connectivity index (χ2v) is 25.2. The smallest absolute Gasteiger partial charge is 0.306 e. The van der Waals surface area contributed by atoms with Crippen LogP contribution >= 0.6 is 0 Å². The van der Waals surface area contributed by atoms with E-state index in [-0.39, 0.29) is 31.1 Å². The molecule has 1 unspecified atom stereocenters. The fourth-order valence-corrected chi connectivity index (χ4v) is 11.3. The zero-order valence-electron chi connectivity index (χ0n) is 55.5. The Labute approximate surface area is 512 Å². The van der Waals surface area contributed by atoms with Crippen LogP contribution in [0.4, 0.5) is 0 Å². The average Bonchev–Trinajstić information content (AvgIpc) is 3.48. The Morgan fingerprint density at radius 3 is 0.659 bits per heavy atom. The van der Waals surface area contributed by atoms with E-state index in [0.29, 0.717) is 19.3 Å². The highest BCUT2D eigenvalue weighted by Gasteiger charge is 2.19. The van der Waals surface area contributed by atoms with Crippen LogP contribution in [0.25, 0.3) is 0 Å². The first-order valence-electron chi connectivity index (χ1n) is 37.0. The minimum absolute atomic E-state index is 0.0701. The number of carbonyl (C=O) groups is 3. The summed E-state index contributed by atoms with van der Waals surface area (Å²) in [5.41, 5.74) is 0. The highest BCUT2D eigenvalue weighted by atomic mass is 16.6. The Morgan fingerprint density at radius 1 is 0.232 bits per heavy atom. The number of hydrogen-bond donors (Lipinski definition) is 0. The Hall–Kier alpha value is -2.37. The van der Waals surface area contributed by atoms with Gasteiger partial charge in [-0.15, -0.1) is 0 Å². The number of ether oxygens (including phenoxy) is 3. The summed E-state index contributed by atoms with van der Waals surface area (Å²) in [5, 5.41) is 0. The van der Waals surface area contributed by atoms with Gasteiger partial charge in [-0.3, -0.25) is 14.4 Å². The van der Waals surface area contributed by atoms with Crippen molar-refractivity contribution >= 4 is 17.9 Å². The Bertz CT molecular complexity index is 1370. The van der Waals surface area contributed by atoms with Crippen molar-refractivity contribution in [1.29, 1.82) is 0 Å². The molecular weight excluding hydrogens is 1010 g/mol. The van der Waals surface area contributed by atoms with Crippen molar-refractivity contribution in [3.8, 4) is 0 Å². The lowest BCUT2D eigenvalue weighted by Gasteiger charge is -2.18. The number of unbranched alkanes of at least 4 members (excludes halogenated alkanes) is 52. The molecule has 6 heteroatoms. The van der Waals surface area contributed by atoms with Crippen molar-refractivity contribution < 1.29 is 28.6 Å². The van der Waals surface area contributed by atoms with Gasteiger partial charge in [0.1, 0.15) is 13.2 Å². The van der Waals surface area contributed by atoms with Gasteiger partial charge in [-0.2, -0.15) is 0 Å². The SMILES string of the molecule is CCC/C=C\CCCCCCCC(=O)OCC(COC(=O)CCCCCCCCCCCCCCCCCCC/C=C\CCCCCCCCCC)OC(=O)CCCCCCCCCCCCCCC/C=C\CCCCCCCCCC.